The molecular formula is C13H17ClN4O2S. The van der Waals surface area contributed by atoms with Gasteiger partial charge < -0.3 is 5.73 Å². The average Bonchev–Trinajstić information content (AvgIpc) is 2.82. The van der Waals surface area contributed by atoms with Crippen LogP contribution >= 0.6 is 11.6 Å². The van der Waals surface area contributed by atoms with Crippen LogP contribution in [-0.4, -0.2) is 18.2 Å². The van der Waals surface area contributed by atoms with Gasteiger partial charge in [0.25, 0.3) is 10.0 Å². The number of nitrogens with one attached hydrogen (secondary N) is 1. The fourth-order valence-electron chi connectivity index (χ4n) is 1.83. The van der Waals surface area contributed by atoms with E-state index in [0.717, 1.165) is 0 Å². The SMILES string of the molecule is Cc1c(N)cc(S(=O)(=O)Nc2ccnn2C(C)C)cc1Cl. The summed E-state index contributed by atoms with van der Waals surface area (Å²) in [4.78, 5) is 0.0205. The minimum atomic E-state index is -3.78. The molecule has 0 amide bonds. The van der Waals surface area contributed by atoms with Gasteiger partial charge in [-0.1, -0.05) is 11.6 Å². The van der Waals surface area contributed by atoms with E-state index in [2.05, 4.69) is 9.82 Å². The van der Waals surface area contributed by atoms with Gasteiger partial charge in [-0.15, -0.1) is 0 Å². The molecule has 114 valence electrons. The highest BCUT2D eigenvalue weighted by Crippen LogP contribution is 2.27. The predicted octanol–water partition coefficient (Wildman–Crippen LogP) is 2.81. The lowest BCUT2D eigenvalue weighted by molar-refractivity contribution is 0.539. The molecule has 2 aromatic rings. The Bertz CT molecular complexity index is 745. The van der Waals surface area contributed by atoms with Crippen LogP contribution < -0.4 is 10.5 Å². The first-order valence-corrected chi connectivity index (χ1v) is 8.20. The first-order chi connectivity index (χ1) is 9.72. The molecule has 0 spiro atoms. The summed E-state index contributed by atoms with van der Waals surface area (Å²) in [5.41, 5.74) is 6.76. The van der Waals surface area contributed by atoms with Crippen LogP contribution in [0.3, 0.4) is 0 Å². The molecule has 8 heteroatoms. The average molecular weight is 329 g/mol. The Kier molecular flexibility index (Phi) is 4.15. The van der Waals surface area contributed by atoms with Crippen LogP contribution in [0.5, 0.6) is 0 Å². The van der Waals surface area contributed by atoms with Gasteiger partial charge in [0, 0.05) is 22.8 Å². The molecule has 0 unspecified atom stereocenters. The van der Waals surface area contributed by atoms with E-state index in [1.165, 1.54) is 18.3 Å². The number of benzene rings is 1. The fraction of sp³-hybridized carbons (Fsp3) is 0.308. The Morgan fingerprint density at radius 1 is 1.38 bits per heavy atom. The number of sulfonamides is 1. The van der Waals surface area contributed by atoms with E-state index in [9.17, 15) is 8.42 Å². The van der Waals surface area contributed by atoms with Crippen LogP contribution in [0.4, 0.5) is 11.5 Å². The van der Waals surface area contributed by atoms with E-state index in [-0.39, 0.29) is 10.9 Å². The van der Waals surface area contributed by atoms with Gasteiger partial charge in [-0.3, -0.25) is 4.72 Å². The smallest absolute Gasteiger partial charge is 0.263 e. The minimum Gasteiger partial charge on any atom is -0.398 e. The van der Waals surface area contributed by atoms with Crippen LogP contribution in [0, 0.1) is 6.92 Å². The standard InChI is InChI=1S/C13H17ClN4O2S/c1-8(2)18-13(4-5-16-18)17-21(19,20)10-6-11(14)9(3)12(15)7-10/h4-8,17H,15H2,1-3H3. The minimum absolute atomic E-state index is 0.0205. The molecule has 0 radical (unpaired) electrons. The van der Waals surface area contributed by atoms with E-state index in [4.69, 9.17) is 17.3 Å². The summed E-state index contributed by atoms with van der Waals surface area (Å²) in [6, 6.07) is 4.39. The van der Waals surface area contributed by atoms with Crippen molar-refractivity contribution in [2.24, 2.45) is 0 Å². The third-order valence-corrected chi connectivity index (χ3v) is 4.79. The molecule has 3 N–H and O–H groups in total. The normalized spacial score (nSPS) is 11.9. The van der Waals surface area contributed by atoms with Crippen molar-refractivity contribution in [3.8, 4) is 0 Å². The molecule has 0 saturated carbocycles. The van der Waals surface area contributed by atoms with Crippen molar-refractivity contribution in [3.05, 3.63) is 35.0 Å². The quantitative estimate of drug-likeness (QED) is 0.844. The van der Waals surface area contributed by atoms with Crippen molar-refractivity contribution < 1.29 is 8.42 Å². The molecule has 0 saturated heterocycles. The summed E-state index contributed by atoms with van der Waals surface area (Å²) in [5, 5.41) is 4.39. The highest BCUT2D eigenvalue weighted by molar-refractivity contribution is 7.92. The van der Waals surface area contributed by atoms with Gasteiger partial charge in [0.2, 0.25) is 0 Å². The lowest BCUT2D eigenvalue weighted by atomic mass is 10.2. The molecule has 6 nitrogen and oxygen atoms in total. The van der Waals surface area contributed by atoms with Crippen molar-refractivity contribution in [1.82, 2.24) is 9.78 Å². The molecule has 0 bridgehead atoms. The lowest BCUT2D eigenvalue weighted by Crippen LogP contribution is -2.17. The van der Waals surface area contributed by atoms with Gasteiger partial charge in [-0.25, -0.2) is 13.1 Å². The second kappa shape index (κ2) is 5.57. The Balaban J connectivity index is 2.41. The van der Waals surface area contributed by atoms with Crippen LogP contribution in [0.2, 0.25) is 5.02 Å². The molecule has 1 heterocycles. The molecule has 0 aliphatic heterocycles. The van der Waals surface area contributed by atoms with Crippen molar-refractivity contribution in [2.45, 2.75) is 31.7 Å². The highest BCUT2D eigenvalue weighted by atomic mass is 35.5. The van der Waals surface area contributed by atoms with Gasteiger partial charge in [0.1, 0.15) is 5.82 Å². The third kappa shape index (κ3) is 3.14. The maximum Gasteiger partial charge on any atom is 0.263 e. The molecule has 21 heavy (non-hydrogen) atoms. The summed E-state index contributed by atoms with van der Waals surface area (Å²) in [7, 11) is -3.78. The molecule has 0 atom stereocenters. The molecule has 0 aliphatic carbocycles. The van der Waals surface area contributed by atoms with Crippen LogP contribution in [0.1, 0.15) is 25.5 Å². The largest absolute Gasteiger partial charge is 0.398 e. The monoisotopic (exact) mass is 328 g/mol. The van der Waals surface area contributed by atoms with Gasteiger partial charge in [0.15, 0.2) is 0 Å². The fourth-order valence-corrected chi connectivity index (χ4v) is 3.23. The third-order valence-electron chi connectivity index (χ3n) is 3.07. The van der Waals surface area contributed by atoms with Gasteiger partial charge in [-0.05, 0) is 38.5 Å². The van der Waals surface area contributed by atoms with Gasteiger partial charge in [-0.2, -0.15) is 5.10 Å². The predicted molar refractivity (Wildman–Crippen MR) is 84.0 cm³/mol. The number of hydrogen-bond acceptors (Lipinski definition) is 4. The first-order valence-electron chi connectivity index (χ1n) is 6.34. The van der Waals surface area contributed by atoms with E-state index in [1.54, 1.807) is 17.7 Å². The highest BCUT2D eigenvalue weighted by Gasteiger charge is 2.19. The molecule has 1 aromatic carbocycles. The maximum absolute atomic E-state index is 12.4. The Hall–Kier alpha value is -1.73. The summed E-state index contributed by atoms with van der Waals surface area (Å²) in [5.74, 6) is 0.389. The van der Waals surface area contributed by atoms with Gasteiger partial charge in [0.05, 0.1) is 11.1 Å². The van der Waals surface area contributed by atoms with Crippen molar-refractivity contribution in [2.75, 3.05) is 10.5 Å². The number of anilines is 2. The van der Waals surface area contributed by atoms with Crippen molar-refractivity contribution in [1.29, 1.82) is 0 Å². The number of halogens is 1. The van der Waals surface area contributed by atoms with E-state index >= 15 is 0 Å². The Labute approximate surface area is 129 Å². The summed E-state index contributed by atoms with van der Waals surface area (Å²) in [6.45, 7) is 5.55. The van der Waals surface area contributed by atoms with E-state index in [1.807, 2.05) is 13.8 Å². The first kappa shape index (κ1) is 15.7. The van der Waals surface area contributed by atoms with Crippen molar-refractivity contribution in [3.63, 3.8) is 0 Å². The second-order valence-corrected chi connectivity index (χ2v) is 7.07. The Morgan fingerprint density at radius 2 is 2.05 bits per heavy atom. The zero-order valence-electron chi connectivity index (χ0n) is 12.0. The molecule has 0 fully saturated rings. The number of nitrogens with two attached hydrogens (primary N) is 1. The van der Waals surface area contributed by atoms with Crippen LogP contribution in [0.15, 0.2) is 29.3 Å². The summed E-state index contributed by atoms with van der Waals surface area (Å²) in [6.07, 6.45) is 1.54. The lowest BCUT2D eigenvalue weighted by Gasteiger charge is -2.14. The maximum atomic E-state index is 12.4. The number of hydrogen-bond donors (Lipinski definition) is 2. The number of aromatic nitrogens is 2. The number of rotatable bonds is 4. The summed E-state index contributed by atoms with van der Waals surface area (Å²) >= 11 is 6.00. The van der Waals surface area contributed by atoms with Crippen LogP contribution in [0.25, 0.3) is 0 Å². The van der Waals surface area contributed by atoms with Crippen LogP contribution in [-0.2, 0) is 10.0 Å². The number of nitrogens with zero attached hydrogens (tertiary/aromatic N) is 2. The van der Waals surface area contributed by atoms with E-state index < -0.39 is 10.0 Å². The van der Waals surface area contributed by atoms with Gasteiger partial charge >= 0.3 is 0 Å². The summed E-state index contributed by atoms with van der Waals surface area (Å²) < 4.78 is 28.9. The van der Waals surface area contributed by atoms with E-state index in [0.29, 0.717) is 22.1 Å². The Morgan fingerprint density at radius 3 is 2.62 bits per heavy atom. The second-order valence-electron chi connectivity index (χ2n) is 4.98. The number of nitrogen functional groups attached to an aromatic ring is 1. The molecular weight excluding hydrogens is 312 g/mol. The zero-order valence-corrected chi connectivity index (χ0v) is 13.5. The molecule has 0 aliphatic rings. The zero-order chi connectivity index (χ0) is 15.8. The van der Waals surface area contributed by atoms with Crippen molar-refractivity contribution >= 4 is 33.1 Å². The topological polar surface area (TPSA) is 90.0 Å². The molecule has 1 aromatic heterocycles. The molecule has 2 rings (SSSR count).